The minimum Gasteiger partial charge on any atom is -0.376 e. The smallest absolute Gasteiger partial charge is 0.230 e. The van der Waals surface area contributed by atoms with Crippen molar-refractivity contribution in [1.82, 2.24) is 25.1 Å². The van der Waals surface area contributed by atoms with Crippen molar-refractivity contribution < 1.29 is 9.53 Å². The molecule has 2 aromatic heterocycles. The predicted molar refractivity (Wildman–Crippen MR) is 114 cm³/mol. The molecule has 0 bridgehead atoms. The number of nitrogens with one attached hydrogen (secondary N) is 3. The Labute approximate surface area is 180 Å². The lowest BCUT2D eigenvalue weighted by Crippen LogP contribution is -2.33. The van der Waals surface area contributed by atoms with E-state index in [0.717, 1.165) is 35.3 Å². The number of aryl methyl sites for hydroxylation is 1. The molecule has 29 heavy (non-hydrogen) atoms. The summed E-state index contributed by atoms with van der Waals surface area (Å²) in [5.41, 5.74) is 2.35. The molecular weight excluding hydrogens is 456 g/mol. The van der Waals surface area contributed by atoms with Crippen molar-refractivity contribution in [3.63, 3.8) is 0 Å². The van der Waals surface area contributed by atoms with Crippen LogP contribution in [0.15, 0.2) is 33.9 Å². The maximum Gasteiger partial charge on any atom is 0.230 e. The van der Waals surface area contributed by atoms with Crippen molar-refractivity contribution >= 4 is 44.6 Å². The average Bonchev–Trinajstić information content (AvgIpc) is 3.36. The summed E-state index contributed by atoms with van der Waals surface area (Å²) in [4.78, 5) is 16.9. The summed E-state index contributed by atoms with van der Waals surface area (Å²) in [6, 6.07) is 7.65. The van der Waals surface area contributed by atoms with Crippen molar-refractivity contribution in [1.29, 1.82) is 5.41 Å². The molecule has 3 N–H and O–H groups in total. The van der Waals surface area contributed by atoms with Crippen molar-refractivity contribution in [2.75, 3.05) is 18.9 Å². The van der Waals surface area contributed by atoms with Crippen LogP contribution in [0.1, 0.15) is 18.5 Å². The van der Waals surface area contributed by atoms with Crippen molar-refractivity contribution in [3.05, 3.63) is 39.9 Å². The lowest BCUT2D eigenvalue weighted by atomic mass is 10.2. The van der Waals surface area contributed by atoms with Gasteiger partial charge in [-0.1, -0.05) is 27.7 Å². The van der Waals surface area contributed by atoms with Gasteiger partial charge in [0.05, 0.1) is 17.2 Å². The molecule has 4 rings (SSSR count). The van der Waals surface area contributed by atoms with Crippen LogP contribution >= 0.6 is 27.7 Å². The quantitative estimate of drug-likeness (QED) is 0.374. The van der Waals surface area contributed by atoms with E-state index >= 15 is 0 Å². The van der Waals surface area contributed by atoms with Gasteiger partial charge in [0.2, 0.25) is 5.91 Å². The van der Waals surface area contributed by atoms with E-state index < -0.39 is 0 Å². The molecule has 10 heteroatoms. The van der Waals surface area contributed by atoms with Gasteiger partial charge in [0, 0.05) is 29.0 Å². The van der Waals surface area contributed by atoms with Gasteiger partial charge in [0.25, 0.3) is 0 Å². The topological polar surface area (TPSA) is 109 Å². The van der Waals surface area contributed by atoms with Crippen molar-refractivity contribution in [2.24, 2.45) is 0 Å². The van der Waals surface area contributed by atoms with Crippen molar-refractivity contribution in [3.8, 4) is 5.69 Å². The third-order valence-corrected chi connectivity index (χ3v) is 6.22. The van der Waals surface area contributed by atoms with Gasteiger partial charge in [-0.2, -0.15) is 5.10 Å². The number of carbonyl (C=O) groups is 1. The molecule has 3 heterocycles. The van der Waals surface area contributed by atoms with Gasteiger partial charge < -0.3 is 10.1 Å². The third-order valence-electron chi connectivity index (χ3n) is 4.75. The molecule has 1 aliphatic rings. The maximum absolute atomic E-state index is 12.3. The van der Waals surface area contributed by atoms with E-state index in [0.29, 0.717) is 22.7 Å². The number of rotatable bonds is 6. The van der Waals surface area contributed by atoms with Gasteiger partial charge in [-0.3, -0.25) is 19.9 Å². The molecular formula is C19H21BrN6O2S. The zero-order chi connectivity index (χ0) is 20.4. The van der Waals surface area contributed by atoms with Gasteiger partial charge in [-0.05, 0) is 44.0 Å². The Balaban J connectivity index is 1.60. The number of thioether (sulfide) groups is 1. The number of ether oxygens (including phenoxy) is 1. The van der Waals surface area contributed by atoms with Crippen LogP contribution in [0, 0.1) is 12.3 Å². The highest BCUT2D eigenvalue weighted by Crippen LogP contribution is 2.22. The molecule has 0 unspecified atom stereocenters. The zero-order valence-corrected chi connectivity index (χ0v) is 18.3. The van der Waals surface area contributed by atoms with Gasteiger partial charge in [-0.25, -0.2) is 4.98 Å². The van der Waals surface area contributed by atoms with Crippen LogP contribution in [0.4, 0.5) is 0 Å². The summed E-state index contributed by atoms with van der Waals surface area (Å²) in [5.74, 6) is 0.115. The lowest BCUT2D eigenvalue weighted by Gasteiger charge is -2.14. The zero-order valence-electron chi connectivity index (χ0n) is 15.9. The number of nitrogens with zero attached hydrogens (tertiary/aromatic N) is 3. The monoisotopic (exact) mass is 476 g/mol. The number of amides is 1. The van der Waals surface area contributed by atoms with Crippen LogP contribution in [0.5, 0.6) is 0 Å². The van der Waals surface area contributed by atoms with Crippen LogP contribution in [-0.2, 0) is 9.53 Å². The van der Waals surface area contributed by atoms with E-state index in [-0.39, 0.29) is 23.3 Å². The molecule has 1 fully saturated rings. The highest BCUT2D eigenvalue weighted by Gasteiger charge is 2.18. The van der Waals surface area contributed by atoms with Gasteiger partial charge in [0.15, 0.2) is 10.8 Å². The number of hydrogen-bond acceptors (Lipinski definition) is 6. The summed E-state index contributed by atoms with van der Waals surface area (Å²) in [6.07, 6.45) is 2.13. The van der Waals surface area contributed by atoms with Gasteiger partial charge in [-0.15, -0.1) is 0 Å². The molecule has 152 valence electrons. The van der Waals surface area contributed by atoms with E-state index in [4.69, 9.17) is 10.1 Å². The maximum atomic E-state index is 12.3. The van der Waals surface area contributed by atoms with Crippen LogP contribution in [0.25, 0.3) is 16.7 Å². The van der Waals surface area contributed by atoms with E-state index in [1.54, 1.807) is 4.57 Å². The standard InChI is InChI=1S/C19H21BrN6O2S/c1-11-16-17(21)26(13-6-4-12(20)5-7-13)19(23-18(16)25-24-11)29-10-15(27)22-9-14-3-2-8-28-14/h4-7,14,21H,2-3,8-10H2,1H3,(H,22,27)(H,24,25)/t14-/m1/s1. The number of aromatic amines is 1. The van der Waals surface area contributed by atoms with E-state index in [2.05, 4.69) is 36.4 Å². The van der Waals surface area contributed by atoms with Gasteiger partial charge >= 0.3 is 0 Å². The first-order chi connectivity index (χ1) is 14.0. The number of benzene rings is 1. The SMILES string of the molecule is Cc1[nH]nc2nc(SCC(=O)NC[C@H]3CCCO3)n(-c3ccc(Br)cc3)c(=N)c12. The Morgan fingerprint density at radius 2 is 2.24 bits per heavy atom. The summed E-state index contributed by atoms with van der Waals surface area (Å²) >= 11 is 4.73. The fourth-order valence-electron chi connectivity index (χ4n) is 3.27. The normalized spacial score (nSPS) is 16.4. The second-order valence-electron chi connectivity index (χ2n) is 6.83. The Morgan fingerprint density at radius 1 is 1.45 bits per heavy atom. The largest absolute Gasteiger partial charge is 0.376 e. The fraction of sp³-hybridized carbons (Fsp3) is 0.368. The Hall–Kier alpha value is -2.17. The predicted octanol–water partition coefficient (Wildman–Crippen LogP) is 2.69. The molecule has 1 atom stereocenters. The van der Waals surface area contributed by atoms with Crippen LogP contribution in [0.3, 0.4) is 0 Å². The Bertz CT molecular complexity index is 1090. The number of hydrogen-bond donors (Lipinski definition) is 3. The lowest BCUT2D eigenvalue weighted by molar-refractivity contribution is -0.119. The van der Waals surface area contributed by atoms with E-state index in [1.807, 2.05) is 31.2 Å². The van der Waals surface area contributed by atoms with Crippen LogP contribution < -0.4 is 10.8 Å². The molecule has 0 saturated carbocycles. The third kappa shape index (κ3) is 4.39. The summed E-state index contributed by atoms with van der Waals surface area (Å²) < 4.78 is 8.23. The van der Waals surface area contributed by atoms with Crippen LogP contribution in [-0.4, -0.2) is 50.7 Å². The first-order valence-electron chi connectivity index (χ1n) is 9.32. The number of carbonyl (C=O) groups excluding carboxylic acids is 1. The fourth-order valence-corrected chi connectivity index (χ4v) is 4.37. The molecule has 1 aromatic carbocycles. The molecule has 1 saturated heterocycles. The minimum atomic E-state index is -0.0838. The van der Waals surface area contributed by atoms with Crippen molar-refractivity contribution in [2.45, 2.75) is 31.0 Å². The number of H-pyrrole nitrogens is 1. The second-order valence-corrected chi connectivity index (χ2v) is 8.69. The highest BCUT2D eigenvalue weighted by atomic mass is 79.9. The highest BCUT2D eigenvalue weighted by molar-refractivity contribution is 9.10. The summed E-state index contributed by atoms with van der Waals surface area (Å²) in [5, 5.41) is 20.0. The molecule has 1 aliphatic heterocycles. The molecule has 0 radical (unpaired) electrons. The number of halogens is 1. The number of fused-ring (bicyclic) bond motifs is 1. The first-order valence-corrected chi connectivity index (χ1v) is 11.1. The number of aromatic nitrogens is 4. The molecule has 3 aromatic rings. The minimum absolute atomic E-state index is 0.0838. The molecule has 0 spiro atoms. The molecule has 1 amide bonds. The van der Waals surface area contributed by atoms with Gasteiger partial charge in [0.1, 0.15) is 5.49 Å². The first kappa shape index (κ1) is 20.1. The second kappa shape index (κ2) is 8.68. The Kier molecular flexibility index (Phi) is 6.02. The van der Waals surface area contributed by atoms with E-state index in [1.165, 1.54) is 11.8 Å². The molecule has 0 aliphatic carbocycles. The summed E-state index contributed by atoms with van der Waals surface area (Å²) in [6.45, 7) is 3.16. The van der Waals surface area contributed by atoms with E-state index in [9.17, 15) is 4.79 Å². The average molecular weight is 477 g/mol. The van der Waals surface area contributed by atoms with Crippen LogP contribution in [0.2, 0.25) is 0 Å². The Morgan fingerprint density at radius 3 is 2.97 bits per heavy atom. The molecule has 8 nitrogen and oxygen atoms in total. The summed E-state index contributed by atoms with van der Waals surface area (Å²) in [7, 11) is 0.